The first-order valence-electron chi connectivity index (χ1n) is 11.2. The van der Waals surface area contributed by atoms with Crippen molar-refractivity contribution in [2.24, 2.45) is 0 Å². The van der Waals surface area contributed by atoms with Gasteiger partial charge in [-0.15, -0.1) is 0 Å². The molecular formula is C23H22N8O4. The van der Waals surface area contributed by atoms with Gasteiger partial charge in [0.1, 0.15) is 5.69 Å². The number of amides is 1. The fourth-order valence-electron chi connectivity index (χ4n) is 4.26. The normalized spacial score (nSPS) is 19.7. The number of likely N-dealkylation sites (N-methyl/N-ethyl adjacent to an activating group) is 1. The minimum Gasteiger partial charge on any atom is -0.373 e. The predicted octanol–water partition coefficient (Wildman–Crippen LogP) is 1.71. The van der Waals surface area contributed by atoms with Gasteiger partial charge in [-0.1, -0.05) is 11.2 Å². The number of rotatable bonds is 5. The fraction of sp³-hybridized carbons (Fsp3) is 0.304. The lowest BCUT2D eigenvalue weighted by atomic mass is 9.98. The molecule has 0 aromatic carbocycles. The zero-order chi connectivity index (χ0) is 24.0. The van der Waals surface area contributed by atoms with E-state index in [9.17, 15) is 9.90 Å². The molecule has 6 heterocycles. The molecule has 1 fully saturated rings. The Labute approximate surface area is 199 Å². The molecule has 35 heavy (non-hydrogen) atoms. The van der Waals surface area contributed by atoms with Crippen molar-refractivity contribution in [1.29, 1.82) is 0 Å². The number of nitrogens with one attached hydrogen (secondary N) is 1. The molecule has 178 valence electrons. The van der Waals surface area contributed by atoms with E-state index in [-0.39, 0.29) is 12.2 Å². The Morgan fingerprint density at radius 1 is 1.11 bits per heavy atom. The molecule has 0 radical (unpaired) electrons. The molecule has 1 atom stereocenters. The molecule has 1 amide bonds. The number of carbonyl (C=O) groups excluding carboxylic acids is 1. The van der Waals surface area contributed by atoms with Crippen LogP contribution in [0.2, 0.25) is 0 Å². The van der Waals surface area contributed by atoms with Crippen molar-refractivity contribution in [3.8, 4) is 22.8 Å². The molecule has 2 N–H and O–H groups in total. The number of nitrogens with zero attached hydrogens (tertiary/aromatic N) is 7. The molecule has 6 rings (SSSR count). The summed E-state index contributed by atoms with van der Waals surface area (Å²) in [5.41, 5.74) is 2.19. The zero-order valence-corrected chi connectivity index (χ0v) is 18.9. The highest BCUT2D eigenvalue weighted by Gasteiger charge is 2.48. The van der Waals surface area contributed by atoms with E-state index in [1.54, 1.807) is 37.6 Å². The topological polar surface area (TPSA) is 144 Å². The van der Waals surface area contributed by atoms with Crippen LogP contribution in [-0.2, 0) is 28.3 Å². The van der Waals surface area contributed by atoms with Crippen LogP contribution in [0.1, 0.15) is 17.9 Å². The third kappa shape index (κ3) is 3.72. The van der Waals surface area contributed by atoms with E-state index in [1.807, 2.05) is 16.8 Å². The fourth-order valence-corrected chi connectivity index (χ4v) is 4.26. The lowest BCUT2D eigenvalue weighted by molar-refractivity contribution is -0.144. The average molecular weight is 474 g/mol. The first kappa shape index (κ1) is 21.4. The predicted molar refractivity (Wildman–Crippen MR) is 122 cm³/mol. The summed E-state index contributed by atoms with van der Waals surface area (Å²) in [6, 6.07) is 8.75. The Balaban J connectivity index is 1.26. The molecule has 4 aromatic rings. The Hall–Kier alpha value is -4.16. The maximum Gasteiger partial charge on any atom is 0.262 e. The van der Waals surface area contributed by atoms with Crippen LogP contribution in [0, 0.1) is 0 Å². The second-order valence-corrected chi connectivity index (χ2v) is 8.49. The largest absolute Gasteiger partial charge is 0.373 e. The van der Waals surface area contributed by atoms with Crippen molar-refractivity contribution < 1.29 is 19.2 Å². The molecule has 2 aliphatic heterocycles. The van der Waals surface area contributed by atoms with Gasteiger partial charge >= 0.3 is 0 Å². The number of anilines is 2. The summed E-state index contributed by atoms with van der Waals surface area (Å²) in [4.78, 5) is 27.4. The summed E-state index contributed by atoms with van der Waals surface area (Å²) < 4.78 is 12.8. The molecule has 0 spiro atoms. The molecule has 2 aliphatic rings. The van der Waals surface area contributed by atoms with Crippen LogP contribution in [0.25, 0.3) is 22.8 Å². The third-order valence-corrected chi connectivity index (χ3v) is 6.24. The molecule has 12 heteroatoms. The number of hydrogen-bond acceptors (Lipinski definition) is 10. The SMILES string of the molecule is CN1CCC(O)(c2cc(-c3cccc(-c4ccnc(Nc5cnn6c5COCC6)n4)n3)no2)C1=O. The summed E-state index contributed by atoms with van der Waals surface area (Å²) in [7, 11) is 1.64. The summed E-state index contributed by atoms with van der Waals surface area (Å²) in [6.45, 7) is 2.27. The minimum atomic E-state index is -1.71. The van der Waals surface area contributed by atoms with Crippen molar-refractivity contribution in [3.05, 3.63) is 54.2 Å². The van der Waals surface area contributed by atoms with Crippen LogP contribution in [0.5, 0.6) is 0 Å². The van der Waals surface area contributed by atoms with Crippen molar-refractivity contribution in [1.82, 2.24) is 34.8 Å². The third-order valence-electron chi connectivity index (χ3n) is 6.24. The number of carbonyl (C=O) groups is 1. The van der Waals surface area contributed by atoms with E-state index in [1.165, 1.54) is 4.90 Å². The van der Waals surface area contributed by atoms with Gasteiger partial charge in [0.2, 0.25) is 11.5 Å². The van der Waals surface area contributed by atoms with Crippen LogP contribution in [0.3, 0.4) is 0 Å². The highest BCUT2D eigenvalue weighted by Crippen LogP contribution is 2.34. The molecule has 4 aromatic heterocycles. The lowest BCUT2D eigenvalue weighted by Gasteiger charge is -2.16. The smallest absolute Gasteiger partial charge is 0.262 e. The highest BCUT2D eigenvalue weighted by molar-refractivity contribution is 5.87. The average Bonchev–Trinajstić information content (AvgIpc) is 3.61. The molecule has 0 saturated carbocycles. The number of aliphatic hydroxyl groups is 1. The molecular weight excluding hydrogens is 452 g/mol. The number of likely N-dealkylation sites (tertiary alicyclic amines) is 1. The second kappa shape index (κ2) is 8.25. The first-order chi connectivity index (χ1) is 17.0. The van der Waals surface area contributed by atoms with Gasteiger partial charge in [0.05, 0.1) is 54.4 Å². The van der Waals surface area contributed by atoms with E-state index >= 15 is 0 Å². The lowest BCUT2D eigenvalue weighted by Crippen LogP contribution is -2.35. The van der Waals surface area contributed by atoms with Gasteiger partial charge in [-0.25, -0.2) is 15.0 Å². The Bertz CT molecular complexity index is 1420. The maximum absolute atomic E-state index is 12.4. The van der Waals surface area contributed by atoms with Crippen molar-refractivity contribution in [2.45, 2.75) is 25.2 Å². The Kier molecular flexibility index (Phi) is 5.04. The van der Waals surface area contributed by atoms with E-state index in [4.69, 9.17) is 9.26 Å². The number of pyridine rings is 1. The van der Waals surface area contributed by atoms with E-state index in [0.29, 0.717) is 55.0 Å². The number of ether oxygens (including phenoxy) is 1. The van der Waals surface area contributed by atoms with Gasteiger partial charge in [-0.2, -0.15) is 5.10 Å². The standard InChI is InChI=1S/C23H22N8O4/c1-30-8-6-23(33,21(30)32)20-11-17(29-35-20)15-4-2-3-14(26-15)16-5-7-24-22(27-16)28-18-12-25-31-9-10-34-13-19(18)31/h2-5,7,11-12,33H,6,8-10,13H2,1H3,(H,24,27,28). The van der Waals surface area contributed by atoms with Crippen LogP contribution in [0.4, 0.5) is 11.6 Å². The van der Waals surface area contributed by atoms with Gasteiger partial charge in [-0.05, 0) is 18.2 Å². The van der Waals surface area contributed by atoms with E-state index < -0.39 is 11.5 Å². The van der Waals surface area contributed by atoms with Crippen LogP contribution >= 0.6 is 0 Å². The van der Waals surface area contributed by atoms with Crippen LogP contribution < -0.4 is 5.32 Å². The van der Waals surface area contributed by atoms with E-state index in [2.05, 4.69) is 30.5 Å². The summed E-state index contributed by atoms with van der Waals surface area (Å²) in [5, 5.41) is 22.4. The molecule has 0 aliphatic carbocycles. The van der Waals surface area contributed by atoms with Gasteiger partial charge < -0.3 is 24.6 Å². The summed E-state index contributed by atoms with van der Waals surface area (Å²) in [6.07, 6.45) is 3.63. The minimum absolute atomic E-state index is 0.107. The number of aromatic nitrogens is 6. The highest BCUT2D eigenvalue weighted by atomic mass is 16.5. The Morgan fingerprint density at radius 2 is 1.94 bits per heavy atom. The summed E-state index contributed by atoms with van der Waals surface area (Å²) in [5.74, 6) is 0.108. The van der Waals surface area contributed by atoms with Gasteiger partial charge in [-0.3, -0.25) is 9.48 Å². The first-order valence-corrected chi connectivity index (χ1v) is 11.2. The monoisotopic (exact) mass is 474 g/mol. The van der Waals surface area contributed by atoms with Crippen LogP contribution in [0.15, 0.2) is 47.2 Å². The second-order valence-electron chi connectivity index (χ2n) is 8.49. The zero-order valence-electron chi connectivity index (χ0n) is 18.9. The summed E-state index contributed by atoms with van der Waals surface area (Å²) >= 11 is 0. The maximum atomic E-state index is 12.4. The van der Waals surface area contributed by atoms with Gasteiger partial charge in [0.25, 0.3) is 5.91 Å². The van der Waals surface area contributed by atoms with Gasteiger partial charge in [0.15, 0.2) is 5.76 Å². The van der Waals surface area contributed by atoms with Crippen molar-refractivity contribution in [2.75, 3.05) is 25.5 Å². The van der Waals surface area contributed by atoms with Crippen molar-refractivity contribution >= 4 is 17.5 Å². The molecule has 0 bridgehead atoms. The number of fused-ring (bicyclic) bond motifs is 1. The molecule has 1 unspecified atom stereocenters. The molecule has 1 saturated heterocycles. The molecule has 12 nitrogen and oxygen atoms in total. The van der Waals surface area contributed by atoms with Crippen molar-refractivity contribution in [3.63, 3.8) is 0 Å². The van der Waals surface area contributed by atoms with Gasteiger partial charge in [0, 0.05) is 32.3 Å². The number of hydrogen-bond donors (Lipinski definition) is 2. The van der Waals surface area contributed by atoms with E-state index in [0.717, 1.165) is 11.4 Å². The quantitative estimate of drug-likeness (QED) is 0.438. The Morgan fingerprint density at radius 3 is 2.77 bits per heavy atom. The van der Waals surface area contributed by atoms with Crippen LogP contribution in [-0.4, -0.2) is 66.0 Å².